The molecule has 0 heterocycles. The van der Waals surface area contributed by atoms with Crippen LogP contribution in [-0.4, -0.2) is 21.8 Å². The maximum absolute atomic E-state index is 9.35. The van der Waals surface area contributed by atoms with Crippen LogP contribution in [0.25, 0.3) is 0 Å². The molecule has 20 heavy (non-hydrogen) atoms. The van der Waals surface area contributed by atoms with Crippen LogP contribution in [0.1, 0.15) is 22.3 Å². The van der Waals surface area contributed by atoms with Crippen molar-refractivity contribution in [1.82, 2.24) is 0 Å². The van der Waals surface area contributed by atoms with E-state index in [0.29, 0.717) is 0 Å². The van der Waals surface area contributed by atoms with Crippen LogP contribution in [-0.2, 0) is 0 Å². The van der Waals surface area contributed by atoms with Gasteiger partial charge in [0.2, 0.25) is 0 Å². The van der Waals surface area contributed by atoms with Crippen molar-refractivity contribution in [2.24, 2.45) is 10.3 Å². The molecule has 2 N–H and O–H groups in total. The van der Waals surface area contributed by atoms with Crippen LogP contribution in [0.2, 0.25) is 0 Å². The Morgan fingerprint density at radius 1 is 0.700 bits per heavy atom. The molecule has 0 bridgehead atoms. The van der Waals surface area contributed by atoms with Crippen molar-refractivity contribution in [2.75, 3.05) is 0 Å². The van der Waals surface area contributed by atoms with Crippen LogP contribution in [0.15, 0.2) is 58.8 Å². The number of aryl methyl sites for hydroxylation is 2. The van der Waals surface area contributed by atoms with Gasteiger partial charge in [0.25, 0.3) is 0 Å². The molecule has 0 saturated heterocycles. The Morgan fingerprint density at radius 2 is 1.05 bits per heavy atom. The second-order valence-electron chi connectivity index (χ2n) is 4.53. The third kappa shape index (κ3) is 2.54. The van der Waals surface area contributed by atoms with Gasteiger partial charge in [-0.15, -0.1) is 0 Å². The van der Waals surface area contributed by atoms with Crippen LogP contribution >= 0.6 is 0 Å². The van der Waals surface area contributed by atoms with Crippen molar-refractivity contribution in [1.29, 1.82) is 0 Å². The first kappa shape index (κ1) is 13.8. The van der Waals surface area contributed by atoms with Gasteiger partial charge in [-0.05, 0) is 25.0 Å². The fraction of sp³-hybridized carbons (Fsp3) is 0.125. The average molecular weight is 268 g/mol. The second kappa shape index (κ2) is 6.02. The van der Waals surface area contributed by atoms with Crippen molar-refractivity contribution in [3.05, 3.63) is 70.8 Å². The van der Waals surface area contributed by atoms with E-state index in [1.807, 2.05) is 62.4 Å². The molecule has 0 radical (unpaired) electrons. The van der Waals surface area contributed by atoms with Gasteiger partial charge in [0.1, 0.15) is 11.4 Å². The molecule has 0 unspecified atom stereocenters. The molecule has 0 aliphatic carbocycles. The Hall–Kier alpha value is -2.62. The quantitative estimate of drug-likeness (QED) is 0.509. The summed E-state index contributed by atoms with van der Waals surface area (Å²) in [6.07, 6.45) is 0. The largest absolute Gasteiger partial charge is 0.410 e. The van der Waals surface area contributed by atoms with Gasteiger partial charge in [0.05, 0.1) is 0 Å². The Balaban J connectivity index is 2.57. The summed E-state index contributed by atoms with van der Waals surface area (Å²) >= 11 is 0. The summed E-state index contributed by atoms with van der Waals surface area (Å²) in [6, 6.07) is 15.0. The first-order chi connectivity index (χ1) is 9.69. The lowest BCUT2D eigenvalue weighted by molar-refractivity contribution is 0.314. The van der Waals surface area contributed by atoms with E-state index in [1.54, 1.807) is 0 Å². The lowest BCUT2D eigenvalue weighted by atomic mass is 9.94. The van der Waals surface area contributed by atoms with Crippen molar-refractivity contribution in [3.8, 4) is 0 Å². The minimum Gasteiger partial charge on any atom is -0.410 e. The maximum atomic E-state index is 9.35. The molecule has 0 fully saturated rings. The van der Waals surface area contributed by atoms with E-state index in [4.69, 9.17) is 0 Å². The third-order valence-corrected chi connectivity index (χ3v) is 3.22. The molecule has 0 amide bonds. The number of rotatable bonds is 3. The van der Waals surface area contributed by atoms with E-state index in [9.17, 15) is 10.4 Å². The average Bonchev–Trinajstić information content (AvgIpc) is 2.47. The molecule has 102 valence electrons. The van der Waals surface area contributed by atoms with Gasteiger partial charge in [0.15, 0.2) is 0 Å². The number of hydrogen-bond acceptors (Lipinski definition) is 4. The third-order valence-electron chi connectivity index (χ3n) is 3.22. The molecule has 0 spiro atoms. The monoisotopic (exact) mass is 268 g/mol. The van der Waals surface area contributed by atoms with E-state index >= 15 is 0 Å². The van der Waals surface area contributed by atoms with Gasteiger partial charge in [-0.2, -0.15) is 0 Å². The van der Waals surface area contributed by atoms with Gasteiger partial charge >= 0.3 is 0 Å². The highest BCUT2D eigenvalue weighted by molar-refractivity contribution is 6.53. The molecule has 2 rings (SSSR count). The van der Waals surface area contributed by atoms with Gasteiger partial charge < -0.3 is 10.4 Å². The highest BCUT2D eigenvalue weighted by atomic mass is 16.4. The minimum absolute atomic E-state index is 0.250. The molecule has 4 nitrogen and oxygen atoms in total. The number of benzene rings is 2. The predicted molar refractivity (Wildman–Crippen MR) is 79.0 cm³/mol. The second-order valence-corrected chi connectivity index (χ2v) is 4.53. The highest BCUT2D eigenvalue weighted by Gasteiger charge is 2.18. The van der Waals surface area contributed by atoms with E-state index in [0.717, 1.165) is 22.3 Å². The van der Waals surface area contributed by atoms with E-state index in [2.05, 4.69) is 10.3 Å². The molecule has 0 aromatic heterocycles. The fourth-order valence-electron chi connectivity index (χ4n) is 2.13. The number of hydrogen-bond donors (Lipinski definition) is 2. The molecular weight excluding hydrogens is 252 g/mol. The zero-order valence-electron chi connectivity index (χ0n) is 11.4. The predicted octanol–water partition coefficient (Wildman–Crippen LogP) is 3.36. The topological polar surface area (TPSA) is 65.2 Å². The Labute approximate surface area is 117 Å². The zero-order chi connectivity index (χ0) is 14.5. The van der Waals surface area contributed by atoms with Gasteiger partial charge in [-0.25, -0.2) is 0 Å². The highest BCUT2D eigenvalue weighted by Crippen LogP contribution is 2.16. The van der Waals surface area contributed by atoms with Crippen LogP contribution in [0.5, 0.6) is 0 Å². The summed E-state index contributed by atoms with van der Waals surface area (Å²) in [5.41, 5.74) is 3.84. The Kier molecular flexibility index (Phi) is 4.15. The first-order valence-corrected chi connectivity index (χ1v) is 6.25. The molecule has 4 heteroatoms. The maximum Gasteiger partial charge on any atom is 0.139 e. The summed E-state index contributed by atoms with van der Waals surface area (Å²) in [6.45, 7) is 3.82. The minimum atomic E-state index is 0.250. The summed E-state index contributed by atoms with van der Waals surface area (Å²) in [5, 5.41) is 25.4. The van der Waals surface area contributed by atoms with E-state index in [-0.39, 0.29) is 11.4 Å². The molecular formula is C16H16N2O2. The molecule has 0 saturated carbocycles. The van der Waals surface area contributed by atoms with Gasteiger partial charge in [-0.1, -0.05) is 58.8 Å². The lowest BCUT2D eigenvalue weighted by Crippen LogP contribution is -2.19. The SMILES string of the molecule is Cc1ccccc1C(=NO)C(=NO)c1ccccc1C. The van der Waals surface area contributed by atoms with Gasteiger partial charge in [-0.3, -0.25) is 0 Å². The van der Waals surface area contributed by atoms with Crippen LogP contribution in [0.3, 0.4) is 0 Å². The lowest BCUT2D eigenvalue weighted by Gasteiger charge is -2.11. The Morgan fingerprint density at radius 3 is 1.35 bits per heavy atom. The molecule has 0 atom stereocenters. The summed E-state index contributed by atoms with van der Waals surface area (Å²) < 4.78 is 0. The van der Waals surface area contributed by atoms with Crippen molar-refractivity contribution in [2.45, 2.75) is 13.8 Å². The zero-order valence-corrected chi connectivity index (χ0v) is 11.4. The molecule has 0 aliphatic heterocycles. The van der Waals surface area contributed by atoms with Crippen molar-refractivity contribution < 1.29 is 10.4 Å². The normalized spacial score (nSPS) is 12.5. The standard InChI is InChI=1S/C16H16N2O2/c1-11-7-3-5-9-13(11)15(17-19)16(18-20)14-10-6-4-8-12(14)2/h3-10,19-20H,1-2H3. The Bertz CT molecular complexity index is 616. The van der Waals surface area contributed by atoms with Crippen LogP contribution in [0, 0.1) is 13.8 Å². The smallest absolute Gasteiger partial charge is 0.139 e. The summed E-state index contributed by atoms with van der Waals surface area (Å²) in [7, 11) is 0. The van der Waals surface area contributed by atoms with E-state index in [1.165, 1.54) is 0 Å². The van der Waals surface area contributed by atoms with Gasteiger partial charge in [0, 0.05) is 11.1 Å². The first-order valence-electron chi connectivity index (χ1n) is 6.25. The van der Waals surface area contributed by atoms with Crippen molar-refractivity contribution >= 4 is 11.4 Å². The van der Waals surface area contributed by atoms with Crippen molar-refractivity contribution in [3.63, 3.8) is 0 Å². The molecule has 2 aromatic rings. The number of nitrogens with zero attached hydrogens (tertiary/aromatic N) is 2. The van der Waals surface area contributed by atoms with Crippen LogP contribution in [0.4, 0.5) is 0 Å². The summed E-state index contributed by atoms with van der Waals surface area (Å²) in [4.78, 5) is 0. The molecule has 0 aliphatic rings. The van der Waals surface area contributed by atoms with E-state index < -0.39 is 0 Å². The molecule has 2 aromatic carbocycles. The van der Waals surface area contributed by atoms with Crippen LogP contribution < -0.4 is 0 Å². The number of oxime groups is 2. The summed E-state index contributed by atoms with van der Waals surface area (Å²) in [5.74, 6) is 0. The fourth-order valence-corrected chi connectivity index (χ4v) is 2.13.